The number of benzene rings is 2. The molecular formula is C21H22N2O5. The van der Waals surface area contributed by atoms with Gasteiger partial charge in [0.25, 0.3) is 5.91 Å². The number of carboxylic acid groups (broad SMARTS) is 1. The average Bonchev–Trinajstić information content (AvgIpc) is 2.95. The van der Waals surface area contributed by atoms with Crippen LogP contribution in [-0.2, 0) is 16.0 Å². The Hall–Kier alpha value is -3.35. The minimum atomic E-state index is -1.04. The maximum atomic E-state index is 12.7. The summed E-state index contributed by atoms with van der Waals surface area (Å²) in [6.45, 7) is 2.12. The molecule has 0 aliphatic carbocycles. The Kier molecular flexibility index (Phi) is 5.63. The fourth-order valence-corrected chi connectivity index (χ4v) is 3.16. The normalized spacial score (nSPS) is 16.4. The molecule has 1 fully saturated rings. The molecular weight excluding hydrogens is 360 g/mol. The molecule has 3 rings (SSSR count). The third kappa shape index (κ3) is 4.14. The summed E-state index contributed by atoms with van der Waals surface area (Å²) in [5, 5.41) is 12.2. The Morgan fingerprint density at radius 3 is 2.57 bits per heavy atom. The smallest absolute Gasteiger partial charge is 0.335 e. The third-order valence-corrected chi connectivity index (χ3v) is 4.84. The molecule has 0 spiro atoms. The van der Waals surface area contributed by atoms with Gasteiger partial charge in [-0.2, -0.15) is 0 Å². The summed E-state index contributed by atoms with van der Waals surface area (Å²) in [5.74, 6) is -0.819. The highest BCUT2D eigenvalue weighted by atomic mass is 16.5. The van der Waals surface area contributed by atoms with Crippen molar-refractivity contribution < 1.29 is 24.2 Å². The number of hydrogen-bond acceptors (Lipinski definition) is 5. The van der Waals surface area contributed by atoms with Gasteiger partial charge in [-0.05, 0) is 48.7 Å². The van der Waals surface area contributed by atoms with E-state index in [2.05, 4.69) is 5.32 Å². The van der Waals surface area contributed by atoms with Gasteiger partial charge in [-0.15, -0.1) is 0 Å². The number of hydrogen-bond donors (Lipinski definition) is 2. The van der Waals surface area contributed by atoms with Crippen LogP contribution in [0.4, 0.5) is 5.69 Å². The Labute approximate surface area is 162 Å². The van der Waals surface area contributed by atoms with Crippen molar-refractivity contribution in [1.82, 2.24) is 4.90 Å². The van der Waals surface area contributed by atoms with E-state index in [1.165, 1.54) is 17.0 Å². The maximum Gasteiger partial charge on any atom is 0.335 e. The monoisotopic (exact) mass is 382 g/mol. The molecule has 0 aromatic heterocycles. The van der Waals surface area contributed by atoms with Crippen LogP contribution in [0, 0.1) is 6.92 Å². The van der Waals surface area contributed by atoms with E-state index >= 15 is 0 Å². The number of likely N-dealkylation sites (tertiary alicyclic amines) is 1. The summed E-state index contributed by atoms with van der Waals surface area (Å²) in [7, 11) is 1.59. The van der Waals surface area contributed by atoms with Gasteiger partial charge in [0.05, 0.1) is 19.1 Å². The van der Waals surface area contributed by atoms with Gasteiger partial charge in [0.15, 0.2) is 0 Å². The SMILES string of the molecule is COc1ccc(CCN2C(=O)C[C@H](Nc3cc(C(=O)O)ccc3C)C2=O)cc1. The summed E-state index contributed by atoms with van der Waals surface area (Å²) in [6.07, 6.45) is 0.611. The van der Waals surface area contributed by atoms with Crippen LogP contribution in [0.2, 0.25) is 0 Å². The second kappa shape index (κ2) is 8.12. The van der Waals surface area contributed by atoms with E-state index in [9.17, 15) is 14.4 Å². The van der Waals surface area contributed by atoms with Crippen molar-refractivity contribution in [2.24, 2.45) is 0 Å². The molecule has 0 bridgehead atoms. The van der Waals surface area contributed by atoms with Gasteiger partial charge in [-0.25, -0.2) is 4.79 Å². The quantitative estimate of drug-likeness (QED) is 0.715. The summed E-state index contributed by atoms with van der Waals surface area (Å²) in [4.78, 5) is 37.4. The number of anilines is 1. The van der Waals surface area contributed by atoms with Crippen LogP contribution in [0.5, 0.6) is 5.75 Å². The van der Waals surface area contributed by atoms with Crippen molar-refractivity contribution >= 4 is 23.5 Å². The molecule has 7 heteroatoms. The Balaban J connectivity index is 1.66. The molecule has 2 N–H and O–H groups in total. The van der Waals surface area contributed by atoms with Gasteiger partial charge in [0.1, 0.15) is 11.8 Å². The fraction of sp³-hybridized carbons (Fsp3) is 0.286. The molecule has 1 atom stereocenters. The van der Waals surface area contributed by atoms with E-state index < -0.39 is 12.0 Å². The van der Waals surface area contributed by atoms with Crippen LogP contribution in [0.1, 0.15) is 27.9 Å². The second-order valence-corrected chi connectivity index (χ2v) is 6.72. The highest BCUT2D eigenvalue weighted by Crippen LogP contribution is 2.23. The first-order valence-corrected chi connectivity index (χ1v) is 8.96. The molecule has 0 saturated carbocycles. The lowest BCUT2D eigenvalue weighted by atomic mass is 10.1. The van der Waals surface area contributed by atoms with E-state index in [0.29, 0.717) is 18.7 Å². The predicted octanol–water partition coefficient (Wildman–Crippen LogP) is 2.48. The number of carbonyl (C=O) groups is 3. The van der Waals surface area contributed by atoms with E-state index in [-0.39, 0.29) is 23.8 Å². The number of ether oxygens (including phenoxy) is 1. The summed E-state index contributed by atoms with van der Waals surface area (Å²) in [5.41, 5.74) is 2.48. The van der Waals surface area contributed by atoms with E-state index in [1.807, 2.05) is 31.2 Å². The Morgan fingerprint density at radius 1 is 1.21 bits per heavy atom. The molecule has 0 unspecified atom stereocenters. The van der Waals surface area contributed by atoms with Crippen molar-refractivity contribution in [1.29, 1.82) is 0 Å². The molecule has 1 aliphatic heterocycles. The van der Waals surface area contributed by atoms with Crippen LogP contribution >= 0.6 is 0 Å². The topological polar surface area (TPSA) is 95.9 Å². The highest BCUT2D eigenvalue weighted by Gasteiger charge is 2.38. The molecule has 1 heterocycles. The third-order valence-electron chi connectivity index (χ3n) is 4.84. The fourth-order valence-electron chi connectivity index (χ4n) is 3.16. The number of methoxy groups -OCH3 is 1. The van der Waals surface area contributed by atoms with Crippen molar-refractivity contribution in [3.8, 4) is 5.75 Å². The number of aryl methyl sites for hydroxylation is 1. The zero-order valence-corrected chi connectivity index (χ0v) is 15.8. The van der Waals surface area contributed by atoms with Crippen LogP contribution < -0.4 is 10.1 Å². The Bertz CT molecular complexity index is 908. The second-order valence-electron chi connectivity index (χ2n) is 6.72. The van der Waals surface area contributed by atoms with Crippen LogP contribution in [0.3, 0.4) is 0 Å². The zero-order valence-electron chi connectivity index (χ0n) is 15.8. The summed E-state index contributed by atoms with van der Waals surface area (Å²) >= 11 is 0. The van der Waals surface area contributed by atoms with Gasteiger partial charge in [-0.3, -0.25) is 14.5 Å². The van der Waals surface area contributed by atoms with E-state index in [4.69, 9.17) is 9.84 Å². The lowest BCUT2D eigenvalue weighted by Crippen LogP contribution is -2.36. The molecule has 7 nitrogen and oxygen atoms in total. The summed E-state index contributed by atoms with van der Waals surface area (Å²) < 4.78 is 5.12. The number of rotatable bonds is 7. The molecule has 2 aromatic carbocycles. The van der Waals surface area contributed by atoms with Crippen molar-refractivity contribution in [3.05, 3.63) is 59.2 Å². The number of imide groups is 1. The molecule has 1 aliphatic rings. The van der Waals surface area contributed by atoms with Crippen LogP contribution in [0.15, 0.2) is 42.5 Å². The van der Waals surface area contributed by atoms with Gasteiger partial charge < -0.3 is 15.2 Å². The van der Waals surface area contributed by atoms with Crippen molar-refractivity contribution in [3.63, 3.8) is 0 Å². The first kappa shape index (κ1) is 19.4. The van der Waals surface area contributed by atoms with Gasteiger partial charge in [-0.1, -0.05) is 18.2 Å². The first-order chi connectivity index (χ1) is 13.4. The highest BCUT2D eigenvalue weighted by molar-refractivity contribution is 6.07. The molecule has 1 saturated heterocycles. The average molecular weight is 382 g/mol. The predicted molar refractivity (Wildman–Crippen MR) is 104 cm³/mol. The lowest BCUT2D eigenvalue weighted by molar-refractivity contribution is -0.138. The van der Waals surface area contributed by atoms with Crippen molar-refractivity contribution in [2.45, 2.75) is 25.8 Å². The molecule has 28 heavy (non-hydrogen) atoms. The summed E-state index contributed by atoms with van der Waals surface area (Å²) in [6, 6.07) is 11.5. The van der Waals surface area contributed by atoms with Crippen molar-refractivity contribution in [2.75, 3.05) is 19.0 Å². The molecule has 2 amide bonds. The number of nitrogens with zero attached hydrogens (tertiary/aromatic N) is 1. The number of aromatic carboxylic acids is 1. The molecule has 146 valence electrons. The van der Waals surface area contributed by atoms with Crippen LogP contribution in [-0.4, -0.2) is 47.5 Å². The minimum Gasteiger partial charge on any atom is -0.497 e. The first-order valence-electron chi connectivity index (χ1n) is 8.96. The maximum absolute atomic E-state index is 12.7. The van der Waals surface area contributed by atoms with E-state index in [1.54, 1.807) is 13.2 Å². The van der Waals surface area contributed by atoms with Gasteiger partial charge in [0, 0.05) is 12.2 Å². The van der Waals surface area contributed by atoms with Gasteiger partial charge >= 0.3 is 5.97 Å². The minimum absolute atomic E-state index is 0.0538. The largest absolute Gasteiger partial charge is 0.497 e. The molecule has 2 aromatic rings. The molecule has 0 radical (unpaired) electrons. The number of carbonyl (C=O) groups excluding carboxylic acids is 2. The zero-order chi connectivity index (χ0) is 20.3. The number of amides is 2. The standard InChI is InChI=1S/C21H22N2O5/c1-13-3-6-15(21(26)27)11-17(13)22-18-12-19(24)23(20(18)25)10-9-14-4-7-16(28-2)8-5-14/h3-8,11,18,22H,9-10,12H2,1-2H3,(H,26,27)/t18-/m0/s1. The lowest BCUT2D eigenvalue weighted by Gasteiger charge is -2.17. The number of carboxylic acids is 1. The van der Waals surface area contributed by atoms with Crippen LogP contribution in [0.25, 0.3) is 0 Å². The van der Waals surface area contributed by atoms with E-state index in [0.717, 1.165) is 16.9 Å². The number of nitrogens with one attached hydrogen (secondary N) is 1. The Morgan fingerprint density at radius 2 is 1.93 bits per heavy atom. The van der Waals surface area contributed by atoms with Gasteiger partial charge in [0.2, 0.25) is 5.91 Å².